The van der Waals surface area contributed by atoms with E-state index in [1.165, 1.54) is 12.1 Å². The van der Waals surface area contributed by atoms with Crippen LogP contribution in [-0.2, 0) is 0 Å². The van der Waals surface area contributed by atoms with E-state index in [1.54, 1.807) is 12.1 Å². The molecule has 0 unspecified atom stereocenters. The van der Waals surface area contributed by atoms with E-state index in [4.69, 9.17) is 5.73 Å². The molecule has 17 heavy (non-hydrogen) atoms. The minimum absolute atomic E-state index is 0.194. The van der Waals surface area contributed by atoms with Crippen LogP contribution in [0.2, 0.25) is 0 Å². The smallest absolute Gasteiger partial charge is 0.123 e. The first-order chi connectivity index (χ1) is 8.17. The van der Waals surface area contributed by atoms with Crippen LogP contribution in [-0.4, -0.2) is 44.7 Å². The van der Waals surface area contributed by atoms with Crippen LogP contribution in [0.25, 0.3) is 0 Å². The topological polar surface area (TPSA) is 32.5 Å². The largest absolute Gasteiger partial charge is 0.373 e. The highest BCUT2D eigenvalue weighted by Gasteiger charge is 2.04. The number of rotatable bonds is 7. The molecule has 0 atom stereocenters. The van der Waals surface area contributed by atoms with Crippen LogP contribution < -0.4 is 10.6 Å². The Labute approximate surface area is 103 Å². The Kier molecular flexibility index (Phi) is 5.94. The maximum absolute atomic E-state index is 12.8. The average Bonchev–Trinajstić information content (AvgIpc) is 2.35. The maximum Gasteiger partial charge on any atom is 0.123 e. The zero-order valence-corrected chi connectivity index (χ0v) is 10.7. The van der Waals surface area contributed by atoms with Crippen molar-refractivity contribution in [3.8, 4) is 0 Å². The van der Waals surface area contributed by atoms with Gasteiger partial charge in [-0.3, -0.25) is 0 Å². The number of hydrogen-bond donors (Lipinski definition) is 1. The Morgan fingerprint density at radius 1 is 1.12 bits per heavy atom. The molecule has 1 aromatic carbocycles. The fraction of sp³-hybridized carbons (Fsp3) is 0.538. The van der Waals surface area contributed by atoms with Gasteiger partial charge in [0.2, 0.25) is 0 Å². The maximum atomic E-state index is 12.8. The Morgan fingerprint density at radius 2 is 1.76 bits per heavy atom. The van der Waals surface area contributed by atoms with E-state index in [9.17, 15) is 4.39 Å². The number of anilines is 1. The van der Waals surface area contributed by atoms with Crippen molar-refractivity contribution in [1.29, 1.82) is 0 Å². The summed E-state index contributed by atoms with van der Waals surface area (Å²) >= 11 is 0. The summed E-state index contributed by atoms with van der Waals surface area (Å²) in [6, 6.07) is 6.58. The molecule has 2 N–H and O–H groups in total. The molecule has 0 bridgehead atoms. The summed E-state index contributed by atoms with van der Waals surface area (Å²) in [5.74, 6) is -0.194. The van der Waals surface area contributed by atoms with Crippen LogP contribution in [0.15, 0.2) is 24.3 Å². The summed E-state index contributed by atoms with van der Waals surface area (Å²) in [6.07, 6.45) is 0. The van der Waals surface area contributed by atoms with Crippen LogP contribution in [0.1, 0.15) is 6.92 Å². The van der Waals surface area contributed by atoms with E-state index < -0.39 is 0 Å². The van der Waals surface area contributed by atoms with Gasteiger partial charge in [-0.2, -0.15) is 0 Å². The minimum Gasteiger partial charge on any atom is -0.373 e. The molecule has 0 aliphatic carbocycles. The molecule has 0 aromatic heterocycles. The second-order valence-corrected chi connectivity index (χ2v) is 4.12. The molecule has 1 rings (SSSR count). The molecule has 3 nitrogen and oxygen atoms in total. The third-order valence-electron chi connectivity index (χ3n) is 2.91. The van der Waals surface area contributed by atoms with Gasteiger partial charge in [-0.05, 0) is 30.8 Å². The van der Waals surface area contributed by atoms with Crippen molar-refractivity contribution in [2.45, 2.75) is 6.92 Å². The first kappa shape index (κ1) is 13.9. The summed E-state index contributed by atoms with van der Waals surface area (Å²) in [4.78, 5) is 4.43. The van der Waals surface area contributed by atoms with E-state index in [0.29, 0.717) is 6.54 Å². The molecule has 0 aliphatic rings. The fourth-order valence-corrected chi connectivity index (χ4v) is 1.73. The van der Waals surface area contributed by atoms with Crippen LogP contribution in [0.3, 0.4) is 0 Å². The van der Waals surface area contributed by atoms with Crippen LogP contribution in [0, 0.1) is 5.82 Å². The van der Waals surface area contributed by atoms with Gasteiger partial charge >= 0.3 is 0 Å². The second-order valence-electron chi connectivity index (χ2n) is 4.12. The Hall–Kier alpha value is -1.13. The molecule has 0 saturated heterocycles. The quantitative estimate of drug-likeness (QED) is 0.783. The van der Waals surface area contributed by atoms with Crippen molar-refractivity contribution in [1.82, 2.24) is 4.90 Å². The normalized spacial score (nSPS) is 10.9. The lowest BCUT2D eigenvalue weighted by molar-refractivity contribution is 0.303. The molecule has 0 spiro atoms. The molecule has 0 heterocycles. The van der Waals surface area contributed by atoms with Gasteiger partial charge in [0.15, 0.2) is 0 Å². The van der Waals surface area contributed by atoms with Crippen molar-refractivity contribution < 1.29 is 4.39 Å². The molecule has 0 aliphatic heterocycles. The highest BCUT2D eigenvalue weighted by atomic mass is 19.1. The lowest BCUT2D eigenvalue weighted by Gasteiger charge is -2.25. The highest BCUT2D eigenvalue weighted by Crippen LogP contribution is 2.12. The van der Waals surface area contributed by atoms with Crippen molar-refractivity contribution in [2.75, 3.05) is 44.7 Å². The van der Waals surface area contributed by atoms with Gasteiger partial charge in [0.1, 0.15) is 5.82 Å². The van der Waals surface area contributed by atoms with Gasteiger partial charge in [0.05, 0.1) is 0 Å². The Balaban J connectivity index is 2.43. The molecule has 0 radical (unpaired) electrons. The molecule has 0 fully saturated rings. The van der Waals surface area contributed by atoms with E-state index in [0.717, 1.165) is 31.9 Å². The molecule has 1 aromatic rings. The number of hydrogen-bond acceptors (Lipinski definition) is 3. The highest BCUT2D eigenvalue weighted by molar-refractivity contribution is 5.45. The number of likely N-dealkylation sites (N-methyl/N-ethyl adjacent to an activating group) is 2. The van der Waals surface area contributed by atoms with Gasteiger partial charge in [-0.25, -0.2) is 4.39 Å². The van der Waals surface area contributed by atoms with Gasteiger partial charge in [-0.1, -0.05) is 6.92 Å². The van der Waals surface area contributed by atoms with Crippen LogP contribution in [0.5, 0.6) is 0 Å². The molecule has 0 saturated carbocycles. The molecule has 0 amide bonds. The SMILES string of the molecule is CCN(CCN)CCN(C)c1ccc(F)cc1. The molecule has 96 valence electrons. The predicted octanol–water partition coefficient (Wildman–Crippen LogP) is 1.54. The first-order valence-corrected chi connectivity index (χ1v) is 6.06. The monoisotopic (exact) mass is 239 g/mol. The number of benzene rings is 1. The second kappa shape index (κ2) is 7.25. The van der Waals surface area contributed by atoms with Gasteiger partial charge in [0.25, 0.3) is 0 Å². The zero-order chi connectivity index (χ0) is 12.7. The van der Waals surface area contributed by atoms with Crippen molar-refractivity contribution in [2.24, 2.45) is 5.73 Å². The van der Waals surface area contributed by atoms with E-state index in [1.807, 2.05) is 7.05 Å². The zero-order valence-electron chi connectivity index (χ0n) is 10.7. The van der Waals surface area contributed by atoms with Gasteiger partial charge < -0.3 is 15.5 Å². The van der Waals surface area contributed by atoms with Crippen molar-refractivity contribution in [3.63, 3.8) is 0 Å². The average molecular weight is 239 g/mol. The number of halogens is 1. The lowest BCUT2D eigenvalue weighted by Crippen LogP contribution is -2.36. The van der Waals surface area contributed by atoms with Crippen LogP contribution >= 0.6 is 0 Å². The standard InChI is InChI=1S/C13H22FN3/c1-3-17(9-8-15)11-10-16(2)13-6-4-12(14)5-7-13/h4-7H,3,8-11,15H2,1-2H3. The molecule has 4 heteroatoms. The summed E-state index contributed by atoms with van der Waals surface area (Å²) < 4.78 is 12.8. The summed E-state index contributed by atoms with van der Waals surface area (Å²) in [5, 5.41) is 0. The molecular formula is C13H22FN3. The van der Waals surface area contributed by atoms with Gasteiger partial charge in [-0.15, -0.1) is 0 Å². The summed E-state index contributed by atoms with van der Waals surface area (Å²) in [7, 11) is 2.02. The predicted molar refractivity (Wildman–Crippen MR) is 70.8 cm³/mol. The first-order valence-electron chi connectivity index (χ1n) is 6.06. The number of nitrogens with two attached hydrogens (primary N) is 1. The fourth-order valence-electron chi connectivity index (χ4n) is 1.73. The third kappa shape index (κ3) is 4.71. The van der Waals surface area contributed by atoms with Gasteiger partial charge in [0, 0.05) is 38.9 Å². The van der Waals surface area contributed by atoms with E-state index in [2.05, 4.69) is 16.7 Å². The van der Waals surface area contributed by atoms with Crippen molar-refractivity contribution in [3.05, 3.63) is 30.1 Å². The third-order valence-corrected chi connectivity index (χ3v) is 2.91. The minimum atomic E-state index is -0.194. The van der Waals surface area contributed by atoms with Crippen molar-refractivity contribution >= 4 is 5.69 Å². The van der Waals surface area contributed by atoms with E-state index >= 15 is 0 Å². The molecular weight excluding hydrogens is 217 g/mol. The lowest BCUT2D eigenvalue weighted by atomic mass is 10.3. The Bertz CT molecular complexity index is 313. The summed E-state index contributed by atoms with van der Waals surface area (Å²) in [5.41, 5.74) is 6.58. The Morgan fingerprint density at radius 3 is 2.29 bits per heavy atom. The number of nitrogens with zero attached hydrogens (tertiary/aromatic N) is 2. The van der Waals surface area contributed by atoms with Crippen LogP contribution in [0.4, 0.5) is 10.1 Å². The van der Waals surface area contributed by atoms with E-state index in [-0.39, 0.29) is 5.82 Å². The summed E-state index contributed by atoms with van der Waals surface area (Å²) in [6.45, 7) is 6.64.